The van der Waals surface area contributed by atoms with Gasteiger partial charge in [0.25, 0.3) is 5.91 Å². The van der Waals surface area contributed by atoms with Crippen LogP contribution in [0.1, 0.15) is 28.8 Å². The van der Waals surface area contributed by atoms with E-state index in [4.69, 9.17) is 5.73 Å². The number of aliphatic hydroxyl groups excluding tert-OH is 2. The molecule has 0 bridgehead atoms. The zero-order chi connectivity index (χ0) is 24.7. The minimum atomic E-state index is -2.56. The SMILES string of the molecule is CN(C)c1c2c(c(O)c3ccccc13)C(=O)C1=C(O)[C@]3(O)C(=O)C(C(N)=O)=C(O)C[C@@H]3CC1C2. The molecule has 0 saturated heterocycles. The van der Waals surface area contributed by atoms with E-state index in [0.717, 1.165) is 11.1 Å². The van der Waals surface area contributed by atoms with E-state index >= 15 is 0 Å². The molecule has 0 spiro atoms. The summed E-state index contributed by atoms with van der Waals surface area (Å²) in [6.07, 6.45) is 0.114. The van der Waals surface area contributed by atoms with Gasteiger partial charge in [-0.3, -0.25) is 14.4 Å². The van der Waals surface area contributed by atoms with E-state index in [-0.39, 0.29) is 36.1 Å². The molecule has 2 aromatic rings. The Hall–Kier alpha value is -3.85. The van der Waals surface area contributed by atoms with Gasteiger partial charge in [0, 0.05) is 48.5 Å². The van der Waals surface area contributed by atoms with Crippen molar-refractivity contribution in [1.29, 1.82) is 0 Å². The number of rotatable bonds is 2. The number of phenolic OH excluding ortho intramolecular Hbond substituents is 1. The lowest BCUT2D eigenvalue weighted by Gasteiger charge is -2.46. The van der Waals surface area contributed by atoms with E-state index in [1.165, 1.54) is 0 Å². The second kappa shape index (κ2) is 7.07. The summed E-state index contributed by atoms with van der Waals surface area (Å²) in [7, 11) is 3.67. The molecule has 1 unspecified atom stereocenters. The molecule has 6 N–H and O–H groups in total. The number of nitrogens with zero attached hydrogens (tertiary/aromatic N) is 1. The van der Waals surface area contributed by atoms with Crippen molar-refractivity contribution < 1.29 is 34.8 Å². The third-order valence-corrected chi connectivity index (χ3v) is 7.36. The number of hydrogen-bond acceptors (Lipinski definition) is 8. The first-order valence-corrected chi connectivity index (χ1v) is 10.9. The van der Waals surface area contributed by atoms with Crippen LogP contribution in [0.2, 0.25) is 0 Å². The number of hydrogen-bond donors (Lipinski definition) is 5. The first kappa shape index (κ1) is 22.0. The van der Waals surface area contributed by atoms with Crippen molar-refractivity contribution in [3.05, 3.63) is 58.1 Å². The van der Waals surface area contributed by atoms with Gasteiger partial charge in [-0.25, -0.2) is 0 Å². The van der Waals surface area contributed by atoms with Crippen LogP contribution in [0.4, 0.5) is 5.69 Å². The molecule has 1 amide bonds. The van der Waals surface area contributed by atoms with Gasteiger partial charge >= 0.3 is 0 Å². The standard InChI is InChI=1S/C25H24N2O7/c1-27(2)19-12-5-3-4-6-13(12)20(29)17-14(19)8-10-7-11-9-15(28)18(24(26)33)23(32)25(11,34)22(31)16(10)21(17)30/h3-6,10-11,28-29,31,34H,7-9H2,1-2H3,(H2,26,33)/t10?,11-,25-/m0/s1. The largest absolute Gasteiger partial charge is 0.511 e. The van der Waals surface area contributed by atoms with Crippen LogP contribution >= 0.6 is 0 Å². The number of phenols is 1. The van der Waals surface area contributed by atoms with Crippen molar-refractivity contribution in [2.24, 2.45) is 17.6 Å². The number of fused-ring (bicyclic) bond motifs is 4. The fourth-order valence-electron chi connectivity index (χ4n) is 5.93. The van der Waals surface area contributed by atoms with Crippen molar-refractivity contribution >= 4 is 33.9 Å². The second-order valence-electron chi connectivity index (χ2n) is 9.40. The van der Waals surface area contributed by atoms with E-state index in [1.54, 1.807) is 12.1 Å². The van der Waals surface area contributed by atoms with Gasteiger partial charge in [0.05, 0.1) is 5.56 Å². The van der Waals surface area contributed by atoms with Crippen LogP contribution in [-0.2, 0) is 16.0 Å². The predicted octanol–water partition coefficient (Wildman–Crippen LogP) is 1.80. The molecular formula is C25H24N2O7. The number of carbonyl (C=O) groups is 3. The molecule has 176 valence electrons. The van der Waals surface area contributed by atoms with Crippen molar-refractivity contribution in [3.8, 4) is 5.75 Å². The smallest absolute Gasteiger partial charge is 0.255 e. The summed E-state index contributed by atoms with van der Waals surface area (Å²) in [5.74, 6) is -6.29. The average molecular weight is 464 g/mol. The molecule has 9 heteroatoms. The molecule has 3 aliphatic rings. The van der Waals surface area contributed by atoms with Gasteiger partial charge in [0.15, 0.2) is 11.4 Å². The summed E-state index contributed by atoms with van der Waals surface area (Å²) in [5, 5.41) is 45.0. The second-order valence-corrected chi connectivity index (χ2v) is 9.40. The van der Waals surface area contributed by atoms with Gasteiger partial charge in [-0.2, -0.15) is 0 Å². The van der Waals surface area contributed by atoms with Gasteiger partial charge in [-0.15, -0.1) is 0 Å². The number of allylic oxidation sites excluding steroid dienone is 2. The number of carbonyl (C=O) groups excluding carboxylic acids is 3. The Kier molecular flexibility index (Phi) is 4.57. The molecule has 3 atom stereocenters. The fourth-order valence-corrected chi connectivity index (χ4v) is 5.93. The molecule has 5 rings (SSSR count). The van der Waals surface area contributed by atoms with Crippen LogP contribution in [0.15, 0.2) is 46.9 Å². The number of benzene rings is 2. The zero-order valence-electron chi connectivity index (χ0n) is 18.6. The van der Waals surface area contributed by atoms with Crippen molar-refractivity contribution in [2.45, 2.75) is 24.9 Å². The van der Waals surface area contributed by atoms with Crippen molar-refractivity contribution in [3.63, 3.8) is 0 Å². The molecule has 0 saturated carbocycles. The molecule has 9 nitrogen and oxygen atoms in total. The highest BCUT2D eigenvalue weighted by Crippen LogP contribution is 2.53. The summed E-state index contributed by atoms with van der Waals surface area (Å²) < 4.78 is 0. The van der Waals surface area contributed by atoms with Gasteiger partial charge < -0.3 is 31.1 Å². The van der Waals surface area contributed by atoms with Gasteiger partial charge in [0.2, 0.25) is 5.78 Å². The highest BCUT2D eigenvalue weighted by atomic mass is 16.3. The number of primary amides is 1. The molecule has 0 heterocycles. The topological polar surface area (TPSA) is 161 Å². The van der Waals surface area contributed by atoms with Gasteiger partial charge in [-0.1, -0.05) is 24.3 Å². The van der Waals surface area contributed by atoms with Crippen molar-refractivity contribution in [1.82, 2.24) is 0 Å². The summed E-state index contributed by atoms with van der Waals surface area (Å²) >= 11 is 0. The molecule has 0 fully saturated rings. The molecule has 34 heavy (non-hydrogen) atoms. The molecule has 0 aromatic heterocycles. The normalized spacial score (nSPS) is 26.3. The van der Waals surface area contributed by atoms with Gasteiger partial charge in [0.1, 0.15) is 22.8 Å². The lowest BCUT2D eigenvalue weighted by atomic mass is 9.60. The molecule has 2 aromatic carbocycles. The van der Waals surface area contributed by atoms with Gasteiger partial charge in [-0.05, 0) is 24.3 Å². The lowest BCUT2D eigenvalue weighted by molar-refractivity contribution is -0.144. The summed E-state index contributed by atoms with van der Waals surface area (Å²) in [5.41, 5.74) is 3.09. The predicted molar refractivity (Wildman–Crippen MR) is 123 cm³/mol. The molecule has 3 aliphatic carbocycles. The highest BCUT2D eigenvalue weighted by molar-refractivity contribution is 6.25. The number of nitrogens with two attached hydrogens (primary N) is 1. The maximum atomic E-state index is 13.7. The number of amides is 1. The minimum absolute atomic E-state index is 0.0130. The quantitative estimate of drug-likeness (QED) is 0.420. The summed E-state index contributed by atoms with van der Waals surface area (Å²) in [6.45, 7) is 0. The Morgan fingerprint density at radius 1 is 1.09 bits per heavy atom. The maximum Gasteiger partial charge on any atom is 0.255 e. The first-order valence-electron chi connectivity index (χ1n) is 10.9. The third kappa shape index (κ3) is 2.61. The highest BCUT2D eigenvalue weighted by Gasteiger charge is 2.59. The van der Waals surface area contributed by atoms with E-state index < -0.39 is 52.0 Å². The number of ketones is 2. The van der Waals surface area contributed by atoms with E-state index in [0.29, 0.717) is 10.9 Å². The lowest BCUT2D eigenvalue weighted by Crippen LogP contribution is -2.57. The van der Waals surface area contributed by atoms with Crippen LogP contribution in [-0.4, -0.2) is 57.6 Å². The number of aromatic hydroxyl groups is 1. The average Bonchev–Trinajstić information content (AvgIpc) is 2.76. The number of anilines is 1. The Labute approximate surface area is 194 Å². The van der Waals surface area contributed by atoms with Crippen molar-refractivity contribution in [2.75, 3.05) is 19.0 Å². The fraction of sp³-hybridized carbons (Fsp3) is 0.320. The van der Waals surface area contributed by atoms with Crippen LogP contribution in [0.3, 0.4) is 0 Å². The van der Waals surface area contributed by atoms with Crippen LogP contribution in [0.25, 0.3) is 10.8 Å². The molecule has 0 aliphatic heterocycles. The molecule has 0 radical (unpaired) electrons. The Morgan fingerprint density at radius 3 is 2.35 bits per heavy atom. The Balaban J connectivity index is 1.77. The number of aliphatic hydroxyl groups is 3. The van der Waals surface area contributed by atoms with E-state index in [9.17, 15) is 34.8 Å². The van der Waals surface area contributed by atoms with E-state index in [1.807, 2.05) is 31.1 Å². The minimum Gasteiger partial charge on any atom is -0.511 e. The van der Waals surface area contributed by atoms with E-state index in [2.05, 4.69) is 0 Å². The number of Topliss-reactive ketones (excluding diaryl/α,β-unsaturated/α-hetero) is 2. The molecular weight excluding hydrogens is 440 g/mol. The Morgan fingerprint density at radius 2 is 1.74 bits per heavy atom. The zero-order valence-corrected chi connectivity index (χ0v) is 18.6. The summed E-state index contributed by atoms with van der Waals surface area (Å²) in [4.78, 5) is 40.4. The first-order chi connectivity index (χ1) is 16.0. The van der Waals surface area contributed by atoms with Crippen LogP contribution in [0, 0.1) is 11.8 Å². The Bertz CT molecular complexity index is 1390. The van der Waals surface area contributed by atoms with Crippen LogP contribution in [0.5, 0.6) is 5.75 Å². The monoisotopic (exact) mass is 464 g/mol. The third-order valence-electron chi connectivity index (χ3n) is 7.36. The summed E-state index contributed by atoms with van der Waals surface area (Å²) in [6, 6.07) is 7.11. The van der Waals surface area contributed by atoms with Crippen LogP contribution < -0.4 is 10.6 Å². The maximum absolute atomic E-state index is 13.7.